The fraction of sp³-hybridized carbons (Fsp3) is 0.235. The Bertz CT molecular complexity index is 731. The van der Waals surface area contributed by atoms with Gasteiger partial charge < -0.3 is 5.32 Å². The Morgan fingerprint density at radius 2 is 2.00 bits per heavy atom. The predicted molar refractivity (Wildman–Crippen MR) is 84.5 cm³/mol. The molecule has 0 unspecified atom stereocenters. The molecule has 1 saturated heterocycles. The minimum Gasteiger partial charge on any atom is -0.357 e. The lowest BCUT2D eigenvalue weighted by Crippen LogP contribution is -2.44. The van der Waals surface area contributed by atoms with Crippen LogP contribution >= 0.6 is 11.6 Å². The molecular formula is C17H15ClN2O. The van der Waals surface area contributed by atoms with Crippen molar-refractivity contribution in [3.05, 3.63) is 59.1 Å². The number of rotatable bonds is 1. The number of carbonyl (C=O) groups excluding carboxylic acids is 1. The van der Waals surface area contributed by atoms with E-state index in [1.165, 1.54) is 0 Å². The Morgan fingerprint density at radius 3 is 2.76 bits per heavy atom. The van der Waals surface area contributed by atoms with Gasteiger partial charge in [-0.25, -0.2) is 0 Å². The first-order chi connectivity index (χ1) is 10.1. The molecule has 1 amide bonds. The largest absolute Gasteiger partial charge is 0.357 e. The van der Waals surface area contributed by atoms with Crippen molar-refractivity contribution < 1.29 is 4.79 Å². The molecule has 106 valence electrons. The number of hydrogen-bond donors (Lipinski definition) is 1. The second-order valence-corrected chi connectivity index (χ2v) is 6.23. The van der Waals surface area contributed by atoms with Crippen LogP contribution in [-0.4, -0.2) is 5.91 Å². The maximum atomic E-state index is 12.7. The monoisotopic (exact) mass is 298 g/mol. The molecular weight excluding hydrogens is 284 g/mol. The predicted octanol–water partition coefficient (Wildman–Crippen LogP) is 3.99. The Hall–Kier alpha value is -2.00. The first-order valence-corrected chi connectivity index (χ1v) is 7.47. The normalized spacial score (nSPS) is 26.5. The standard InChI is InChI=1S/C17H15ClN2O/c1-11-10-17(12-5-3-2-4-6-12)19-14-9-13(18)7-8-15(14)20(17)16(11)21/h2-9,11,19H,10H2,1H3/t11-,17+/m1/s1. The average Bonchev–Trinajstić information content (AvgIpc) is 2.93. The minimum absolute atomic E-state index is 0.00142. The summed E-state index contributed by atoms with van der Waals surface area (Å²) in [4.78, 5) is 14.6. The van der Waals surface area contributed by atoms with E-state index in [-0.39, 0.29) is 11.8 Å². The Balaban J connectivity index is 1.93. The molecule has 4 rings (SSSR count). The van der Waals surface area contributed by atoms with Gasteiger partial charge in [0.1, 0.15) is 5.66 Å². The average molecular weight is 299 g/mol. The summed E-state index contributed by atoms with van der Waals surface area (Å²) in [6.07, 6.45) is 0.752. The lowest BCUT2D eigenvalue weighted by Gasteiger charge is -2.32. The zero-order valence-electron chi connectivity index (χ0n) is 11.6. The zero-order chi connectivity index (χ0) is 14.6. The van der Waals surface area contributed by atoms with Crippen LogP contribution in [0.3, 0.4) is 0 Å². The molecule has 2 aliphatic rings. The van der Waals surface area contributed by atoms with Crippen LogP contribution in [0.4, 0.5) is 11.4 Å². The number of nitrogens with one attached hydrogen (secondary N) is 1. The molecule has 3 nitrogen and oxygen atoms in total. The van der Waals surface area contributed by atoms with Gasteiger partial charge in [-0.15, -0.1) is 0 Å². The molecule has 0 radical (unpaired) electrons. The van der Waals surface area contributed by atoms with E-state index >= 15 is 0 Å². The summed E-state index contributed by atoms with van der Waals surface area (Å²) in [7, 11) is 0. The van der Waals surface area contributed by atoms with Crippen molar-refractivity contribution in [2.45, 2.75) is 19.0 Å². The number of carbonyl (C=O) groups is 1. The van der Waals surface area contributed by atoms with Crippen LogP contribution in [0.15, 0.2) is 48.5 Å². The van der Waals surface area contributed by atoms with Crippen molar-refractivity contribution in [3.63, 3.8) is 0 Å². The molecule has 2 aliphatic heterocycles. The van der Waals surface area contributed by atoms with Gasteiger partial charge in [-0.1, -0.05) is 48.9 Å². The van der Waals surface area contributed by atoms with Gasteiger partial charge in [-0.3, -0.25) is 9.69 Å². The van der Waals surface area contributed by atoms with Gasteiger partial charge >= 0.3 is 0 Å². The van der Waals surface area contributed by atoms with Crippen LogP contribution in [0.5, 0.6) is 0 Å². The third kappa shape index (κ3) is 1.64. The number of halogens is 1. The van der Waals surface area contributed by atoms with Crippen LogP contribution in [0, 0.1) is 5.92 Å². The number of fused-ring (bicyclic) bond motifs is 3. The highest BCUT2D eigenvalue weighted by Gasteiger charge is 2.55. The van der Waals surface area contributed by atoms with Crippen LogP contribution in [-0.2, 0) is 10.5 Å². The molecule has 0 spiro atoms. The maximum absolute atomic E-state index is 12.7. The molecule has 1 N–H and O–H groups in total. The topological polar surface area (TPSA) is 32.3 Å². The molecule has 2 heterocycles. The third-order valence-corrected chi connectivity index (χ3v) is 4.65. The van der Waals surface area contributed by atoms with E-state index in [0.29, 0.717) is 5.02 Å². The van der Waals surface area contributed by atoms with Crippen molar-refractivity contribution in [2.75, 3.05) is 10.2 Å². The highest BCUT2D eigenvalue weighted by atomic mass is 35.5. The molecule has 1 fully saturated rings. The molecule has 2 atom stereocenters. The summed E-state index contributed by atoms with van der Waals surface area (Å²) in [6.45, 7) is 1.99. The molecule has 2 aromatic carbocycles. The van der Waals surface area contributed by atoms with Crippen molar-refractivity contribution >= 4 is 28.9 Å². The maximum Gasteiger partial charge on any atom is 0.232 e. The van der Waals surface area contributed by atoms with Gasteiger partial charge in [0.25, 0.3) is 0 Å². The van der Waals surface area contributed by atoms with Gasteiger partial charge in [-0.2, -0.15) is 0 Å². The van der Waals surface area contributed by atoms with E-state index in [0.717, 1.165) is 23.4 Å². The van der Waals surface area contributed by atoms with Crippen LogP contribution < -0.4 is 10.2 Å². The first kappa shape index (κ1) is 12.7. The van der Waals surface area contributed by atoms with Gasteiger partial charge in [0.05, 0.1) is 11.4 Å². The highest BCUT2D eigenvalue weighted by molar-refractivity contribution is 6.31. The number of nitrogens with zero attached hydrogens (tertiary/aromatic N) is 1. The van der Waals surface area contributed by atoms with E-state index in [1.54, 1.807) is 0 Å². The summed E-state index contributed by atoms with van der Waals surface area (Å²) >= 11 is 6.09. The summed E-state index contributed by atoms with van der Waals surface area (Å²) in [5.41, 5.74) is 2.46. The second kappa shape index (κ2) is 4.25. The summed E-state index contributed by atoms with van der Waals surface area (Å²) < 4.78 is 0. The Labute approximate surface area is 128 Å². The van der Waals surface area contributed by atoms with Crippen molar-refractivity contribution in [2.24, 2.45) is 5.92 Å². The Morgan fingerprint density at radius 1 is 1.24 bits per heavy atom. The lowest BCUT2D eigenvalue weighted by molar-refractivity contribution is -0.120. The Kier molecular flexibility index (Phi) is 2.57. The molecule has 21 heavy (non-hydrogen) atoms. The lowest BCUT2D eigenvalue weighted by atomic mass is 9.94. The second-order valence-electron chi connectivity index (χ2n) is 5.79. The summed E-state index contributed by atoms with van der Waals surface area (Å²) in [6, 6.07) is 15.8. The van der Waals surface area contributed by atoms with E-state index < -0.39 is 5.66 Å². The molecule has 0 bridgehead atoms. The molecule has 4 heteroatoms. The quantitative estimate of drug-likeness (QED) is 0.863. The van der Waals surface area contributed by atoms with Crippen molar-refractivity contribution in [1.82, 2.24) is 0 Å². The van der Waals surface area contributed by atoms with Crippen molar-refractivity contribution in [3.8, 4) is 0 Å². The van der Waals surface area contributed by atoms with Gasteiger partial charge in [0, 0.05) is 17.4 Å². The van der Waals surface area contributed by atoms with Crippen LogP contribution in [0.2, 0.25) is 5.02 Å². The van der Waals surface area contributed by atoms with E-state index in [1.807, 2.05) is 48.2 Å². The number of benzene rings is 2. The molecule has 0 aromatic heterocycles. The van der Waals surface area contributed by atoms with E-state index in [9.17, 15) is 4.79 Å². The van der Waals surface area contributed by atoms with Gasteiger partial charge in [0.2, 0.25) is 5.91 Å². The van der Waals surface area contributed by atoms with Gasteiger partial charge in [0.15, 0.2) is 0 Å². The molecule has 0 aliphatic carbocycles. The van der Waals surface area contributed by atoms with E-state index in [2.05, 4.69) is 17.4 Å². The first-order valence-electron chi connectivity index (χ1n) is 7.09. The minimum atomic E-state index is -0.481. The fourth-order valence-corrected chi connectivity index (χ4v) is 3.69. The van der Waals surface area contributed by atoms with Crippen molar-refractivity contribution in [1.29, 1.82) is 0 Å². The zero-order valence-corrected chi connectivity index (χ0v) is 12.4. The number of hydrogen-bond acceptors (Lipinski definition) is 2. The number of amides is 1. The van der Waals surface area contributed by atoms with Crippen LogP contribution in [0.25, 0.3) is 0 Å². The SMILES string of the molecule is C[C@@H]1C[C@]2(c3ccccc3)Nc3cc(Cl)ccc3N2C1=O. The molecule has 2 aromatic rings. The summed E-state index contributed by atoms with van der Waals surface area (Å²) in [5, 5.41) is 4.22. The fourth-order valence-electron chi connectivity index (χ4n) is 3.52. The van der Waals surface area contributed by atoms with E-state index in [4.69, 9.17) is 11.6 Å². The highest BCUT2D eigenvalue weighted by Crippen LogP contribution is 2.53. The molecule has 0 saturated carbocycles. The number of anilines is 2. The van der Waals surface area contributed by atoms with Crippen LogP contribution in [0.1, 0.15) is 18.9 Å². The smallest absolute Gasteiger partial charge is 0.232 e. The summed E-state index contributed by atoms with van der Waals surface area (Å²) in [5.74, 6) is 0.161. The third-order valence-electron chi connectivity index (χ3n) is 4.42. The van der Waals surface area contributed by atoms with Gasteiger partial charge in [-0.05, 0) is 23.8 Å².